The van der Waals surface area contributed by atoms with Crippen molar-refractivity contribution in [1.82, 2.24) is 5.43 Å². The monoisotopic (exact) mass is 384 g/mol. The Morgan fingerprint density at radius 3 is 2.67 bits per heavy atom. The van der Waals surface area contributed by atoms with E-state index in [9.17, 15) is 0 Å². The molecule has 21 heavy (non-hydrogen) atoms. The van der Waals surface area contributed by atoms with Crippen molar-refractivity contribution in [2.75, 3.05) is 0 Å². The molecule has 0 saturated heterocycles. The molecule has 0 fully saturated rings. The topological polar surface area (TPSA) is 51.2 Å². The molecule has 1 heterocycles. The normalized spacial score (nSPS) is 12.8. The van der Waals surface area contributed by atoms with Gasteiger partial charge in [-0.3, -0.25) is 5.84 Å². The van der Waals surface area contributed by atoms with Crippen LogP contribution in [0.25, 0.3) is 11.0 Å². The molecule has 2 aromatic carbocycles. The largest absolute Gasteiger partial charge is 0.459 e. The molecule has 3 N–H and O–H groups in total. The zero-order chi connectivity index (χ0) is 15.0. The first-order chi connectivity index (χ1) is 10.1. The lowest BCUT2D eigenvalue weighted by Gasteiger charge is -2.15. The van der Waals surface area contributed by atoms with Crippen LogP contribution in [0.2, 0.25) is 10.0 Å². The van der Waals surface area contributed by atoms with Crippen LogP contribution < -0.4 is 11.3 Å². The number of halogens is 3. The van der Waals surface area contributed by atoms with E-state index in [1.165, 1.54) is 0 Å². The van der Waals surface area contributed by atoms with Gasteiger partial charge in [0.2, 0.25) is 0 Å². The van der Waals surface area contributed by atoms with Crippen molar-refractivity contribution in [3.8, 4) is 0 Å². The molecule has 1 atom stereocenters. The van der Waals surface area contributed by atoms with Gasteiger partial charge in [0.05, 0.1) is 0 Å². The smallest absolute Gasteiger partial charge is 0.134 e. The Labute approximate surface area is 140 Å². The fourth-order valence-electron chi connectivity index (χ4n) is 2.24. The average Bonchev–Trinajstić information content (AvgIpc) is 2.86. The number of benzene rings is 2. The van der Waals surface area contributed by atoms with Crippen LogP contribution in [0.1, 0.15) is 17.4 Å². The molecule has 0 radical (unpaired) electrons. The van der Waals surface area contributed by atoms with Crippen molar-refractivity contribution >= 4 is 50.1 Å². The van der Waals surface area contributed by atoms with E-state index >= 15 is 0 Å². The van der Waals surface area contributed by atoms with Crippen molar-refractivity contribution in [3.63, 3.8) is 0 Å². The molecule has 6 heteroatoms. The number of hydrazine groups is 1. The minimum absolute atomic E-state index is 0.346. The van der Waals surface area contributed by atoms with Gasteiger partial charge in [-0.1, -0.05) is 39.1 Å². The number of hydrogen-bond donors (Lipinski definition) is 2. The Morgan fingerprint density at radius 1 is 1.10 bits per heavy atom. The minimum Gasteiger partial charge on any atom is -0.459 e. The molecule has 3 aromatic rings. The van der Waals surface area contributed by atoms with E-state index in [0.29, 0.717) is 15.8 Å². The highest BCUT2D eigenvalue weighted by molar-refractivity contribution is 9.10. The Morgan fingerprint density at radius 2 is 1.90 bits per heavy atom. The van der Waals surface area contributed by atoms with Gasteiger partial charge in [0.1, 0.15) is 17.4 Å². The van der Waals surface area contributed by atoms with E-state index < -0.39 is 0 Å². The van der Waals surface area contributed by atoms with Crippen molar-refractivity contribution < 1.29 is 4.42 Å². The molecular formula is C15H11BrCl2N2O. The molecule has 108 valence electrons. The van der Waals surface area contributed by atoms with Crippen molar-refractivity contribution in [1.29, 1.82) is 0 Å². The van der Waals surface area contributed by atoms with E-state index in [2.05, 4.69) is 21.4 Å². The summed E-state index contributed by atoms with van der Waals surface area (Å²) in [6.07, 6.45) is 0. The fraction of sp³-hybridized carbons (Fsp3) is 0.0667. The summed E-state index contributed by atoms with van der Waals surface area (Å²) >= 11 is 15.7. The third-order valence-corrected chi connectivity index (χ3v) is 4.29. The zero-order valence-corrected chi connectivity index (χ0v) is 13.8. The Hall–Kier alpha value is -1.04. The molecule has 1 unspecified atom stereocenters. The van der Waals surface area contributed by atoms with Gasteiger partial charge in [-0.05, 0) is 48.0 Å². The standard InChI is InChI=1S/C15H11BrCl2N2O/c16-9-1-3-12(18)11(7-9)15(20-19)14-6-8-5-10(17)2-4-13(8)21-14/h1-7,15,20H,19H2. The lowest BCUT2D eigenvalue weighted by Crippen LogP contribution is -2.28. The van der Waals surface area contributed by atoms with Gasteiger partial charge < -0.3 is 4.42 Å². The van der Waals surface area contributed by atoms with Crippen molar-refractivity contribution in [2.24, 2.45) is 5.84 Å². The lowest BCUT2D eigenvalue weighted by atomic mass is 10.0. The molecule has 0 aliphatic heterocycles. The second kappa shape index (κ2) is 5.99. The number of nitrogens with one attached hydrogen (secondary N) is 1. The van der Waals surface area contributed by atoms with Gasteiger partial charge in [-0.2, -0.15) is 0 Å². The summed E-state index contributed by atoms with van der Waals surface area (Å²) in [6.45, 7) is 0. The SMILES string of the molecule is NNC(c1cc2cc(Cl)ccc2o1)c1cc(Br)ccc1Cl. The first-order valence-electron chi connectivity index (χ1n) is 6.18. The van der Waals surface area contributed by atoms with Gasteiger partial charge in [0.25, 0.3) is 0 Å². The lowest BCUT2D eigenvalue weighted by molar-refractivity contribution is 0.477. The van der Waals surface area contributed by atoms with Crippen LogP contribution in [0.4, 0.5) is 0 Å². The molecule has 0 aliphatic rings. The summed E-state index contributed by atoms with van der Waals surface area (Å²) in [4.78, 5) is 0. The fourth-order valence-corrected chi connectivity index (χ4v) is 3.02. The summed E-state index contributed by atoms with van der Waals surface area (Å²) in [7, 11) is 0. The molecule has 0 saturated carbocycles. The molecule has 0 aliphatic carbocycles. The second-order valence-electron chi connectivity index (χ2n) is 4.60. The number of furan rings is 1. The summed E-state index contributed by atoms with van der Waals surface area (Å²) < 4.78 is 6.77. The molecule has 3 nitrogen and oxygen atoms in total. The van der Waals surface area contributed by atoms with Crippen LogP contribution in [-0.2, 0) is 0 Å². The quantitative estimate of drug-likeness (QED) is 0.489. The van der Waals surface area contributed by atoms with E-state index in [4.69, 9.17) is 33.5 Å². The maximum absolute atomic E-state index is 6.26. The third-order valence-electron chi connectivity index (χ3n) is 3.22. The van der Waals surface area contributed by atoms with E-state index in [-0.39, 0.29) is 6.04 Å². The summed E-state index contributed by atoms with van der Waals surface area (Å²) in [5, 5.41) is 2.19. The number of rotatable bonds is 3. The molecular weight excluding hydrogens is 375 g/mol. The van der Waals surface area contributed by atoms with E-state index in [0.717, 1.165) is 21.0 Å². The minimum atomic E-state index is -0.346. The van der Waals surface area contributed by atoms with Crippen molar-refractivity contribution in [2.45, 2.75) is 6.04 Å². The first kappa shape index (κ1) is 14.9. The van der Waals surface area contributed by atoms with Crippen molar-refractivity contribution in [3.05, 3.63) is 68.3 Å². The third kappa shape index (κ3) is 2.96. The van der Waals surface area contributed by atoms with Crippen LogP contribution in [0, 0.1) is 0 Å². The summed E-state index contributed by atoms with van der Waals surface area (Å²) in [6, 6.07) is 12.6. The van der Waals surface area contributed by atoms with Crippen LogP contribution in [0.5, 0.6) is 0 Å². The Kier molecular flexibility index (Phi) is 4.24. The Balaban J connectivity index is 2.11. The molecule has 3 rings (SSSR count). The van der Waals surface area contributed by atoms with Gasteiger partial charge in [0, 0.05) is 19.9 Å². The predicted octanol–water partition coefficient (Wildman–Crippen LogP) is 5.05. The van der Waals surface area contributed by atoms with Gasteiger partial charge >= 0.3 is 0 Å². The van der Waals surface area contributed by atoms with E-state index in [1.807, 2.05) is 36.4 Å². The molecule has 0 amide bonds. The summed E-state index contributed by atoms with van der Waals surface area (Å²) in [5.74, 6) is 6.37. The zero-order valence-electron chi connectivity index (χ0n) is 10.7. The highest BCUT2D eigenvalue weighted by Gasteiger charge is 2.20. The van der Waals surface area contributed by atoms with E-state index in [1.54, 1.807) is 6.07 Å². The van der Waals surface area contributed by atoms with Gasteiger partial charge in [-0.15, -0.1) is 0 Å². The Bertz CT molecular complexity index is 803. The maximum Gasteiger partial charge on any atom is 0.134 e. The van der Waals surface area contributed by atoms with Gasteiger partial charge in [-0.25, -0.2) is 5.43 Å². The number of hydrogen-bond acceptors (Lipinski definition) is 3. The average molecular weight is 386 g/mol. The van der Waals surface area contributed by atoms with Crippen LogP contribution in [0.3, 0.4) is 0 Å². The van der Waals surface area contributed by atoms with Crippen LogP contribution in [-0.4, -0.2) is 0 Å². The molecule has 1 aromatic heterocycles. The number of fused-ring (bicyclic) bond motifs is 1. The summed E-state index contributed by atoms with van der Waals surface area (Å²) in [5.41, 5.74) is 4.33. The van der Waals surface area contributed by atoms with Crippen LogP contribution in [0.15, 0.2) is 51.4 Å². The second-order valence-corrected chi connectivity index (χ2v) is 6.36. The predicted molar refractivity (Wildman–Crippen MR) is 89.5 cm³/mol. The maximum atomic E-state index is 6.26. The molecule has 0 bridgehead atoms. The highest BCUT2D eigenvalue weighted by Crippen LogP contribution is 2.33. The molecule has 0 spiro atoms. The number of nitrogens with two attached hydrogens (primary N) is 1. The van der Waals surface area contributed by atoms with Crippen LogP contribution >= 0.6 is 39.1 Å². The first-order valence-corrected chi connectivity index (χ1v) is 7.73. The van der Waals surface area contributed by atoms with Gasteiger partial charge in [0.15, 0.2) is 0 Å². The highest BCUT2D eigenvalue weighted by atomic mass is 79.9.